The summed E-state index contributed by atoms with van der Waals surface area (Å²) >= 11 is 0. The molecule has 0 spiro atoms. The molecule has 2 aliphatic heterocycles. The number of anilines is 1. The highest BCUT2D eigenvalue weighted by molar-refractivity contribution is 5.74. The Kier molecular flexibility index (Phi) is 4.54. The lowest BCUT2D eigenvalue weighted by molar-refractivity contribution is -0.0308. The summed E-state index contributed by atoms with van der Waals surface area (Å²) in [6.45, 7) is 2.11. The number of aliphatic hydroxyl groups excluding tert-OH is 2. The van der Waals surface area contributed by atoms with Crippen LogP contribution >= 0.6 is 0 Å². The highest BCUT2D eigenvalue weighted by atomic mass is 19.1. The number of aliphatic hydroxyl groups is 2. The number of nitrogens with one attached hydrogen (secondary N) is 1. The average Bonchev–Trinajstić information content (AvgIpc) is 3.45. The Hall–Kier alpha value is -3.21. The summed E-state index contributed by atoms with van der Waals surface area (Å²) in [6, 6.07) is 6.00. The molecule has 9 nitrogen and oxygen atoms in total. The van der Waals surface area contributed by atoms with Crippen LogP contribution in [0.25, 0.3) is 11.5 Å². The van der Waals surface area contributed by atoms with Gasteiger partial charge in [0.2, 0.25) is 5.89 Å². The van der Waals surface area contributed by atoms with E-state index < -0.39 is 24.5 Å². The molecule has 10 heteroatoms. The number of hydrazine groups is 1. The van der Waals surface area contributed by atoms with Gasteiger partial charge in [0.1, 0.15) is 36.4 Å². The Morgan fingerprint density at radius 1 is 1.20 bits per heavy atom. The number of hydrogen-bond acceptors (Lipinski definition) is 8. The van der Waals surface area contributed by atoms with Crippen LogP contribution in [0.4, 0.5) is 15.9 Å². The zero-order chi connectivity index (χ0) is 20.8. The van der Waals surface area contributed by atoms with Crippen LogP contribution in [0.5, 0.6) is 0 Å². The molecule has 4 heterocycles. The van der Waals surface area contributed by atoms with E-state index in [0.717, 1.165) is 5.56 Å². The highest BCUT2D eigenvalue weighted by Gasteiger charge is 2.43. The second kappa shape index (κ2) is 7.24. The Morgan fingerprint density at radius 3 is 2.67 bits per heavy atom. The number of aromatic nitrogens is 2. The monoisotopic (exact) mass is 413 g/mol. The minimum absolute atomic E-state index is 0.315. The SMILES string of the molecule is C[C@H]1O[C@@H](n2cc(-c3ncco3)c3c2N=CN(Nc2ccc(F)cc2)C3)[C@H](O)[C@@H]1O. The molecule has 3 aromatic rings. The summed E-state index contributed by atoms with van der Waals surface area (Å²) < 4.78 is 26.1. The zero-order valence-electron chi connectivity index (χ0n) is 16.0. The molecule has 0 radical (unpaired) electrons. The molecule has 4 atom stereocenters. The number of aliphatic imine (C=N–C) groups is 1. The molecule has 1 fully saturated rings. The number of halogens is 1. The van der Waals surface area contributed by atoms with Crippen LogP contribution in [-0.2, 0) is 11.3 Å². The largest absolute Gasteiger partial charge is 0.444 e. The van der Waals surface area contributed by atoms with Crippen LogP contribution in [0.2, 0.25) is 0 Å². The summed E-state index contributed by atoms with van der Waals surface area (Å²) in [7, 11) is 0. The van der Waals surface area contributed by atoms with Crippen molar-refractivity contribution < 1.29 is 23.8 Å². The maximum absolute atomic E-state index is 13.2. The molecular weight excluding hydrogens is 393 g/mol. The Morgan fingerprint density at radius 2 is 2.00 bits per heavy atom. The van der Waals surface area contributed by atoms with E-state index in [-0.39, 0.29) is 5.82 Å². The molecule has 1 saturated heterocycles. The second-order valence-corrected chi connectivity index (χ2v) is 7.29. The van der Waals surface area contributed by atoms with Crippen LogP contribution < -0.4 is 5.43 Å². The molecule has 0 saturated carbocycles. The van der Waals surface area contributed by atoms with Crippen molar-refractivity contribution in [1.82, 2.24) is 14.6 Å². The summed E-state index contributed by atoms with van der Waals surface area (Å²) in [5, 5.41) is 22.3. The number of rotatable bonds is 4. The molecule has 0 bridgehead atoms. The van der Waals surface area contributed by atoms with Gasteiger partial charge in [0.15, 0.2) is 6.23 Å². The topological polar surface area (TPSA) is 108 Å². The molecule has 2 aromatic heterocycles. The number of nitrogens with zero attached hydrogens (tertiary/aromatic N) is 4. The van der Waals surface area contributed by atoms with Crippen molar-refractivity contribution in [1.29, 1.82) is 0 Å². The van der Waals surface area contributed by atoms with Gasteiger partial charge in [0.25, 0.3) is 0 Å². The van der Waals surface area contributed by atoms with E-state index in [1.165, 1.54) is 18.4 Å². The number of ether oxygens (including phenoxy) is 1. The average molecular weight is 413 g/mol. The maximum Gasteiger partial charge on any atom is 0.227 e. The number of oxazole rings is 1. The lowest BCUT2D eigenvalue weighted by atomic mass is 10.1. The van der Waals surface area contributed by atoms with Gasteiger partial charge in [-0.2, -0.15) is 0 Å². The first-order valence-corrected chi connectivity index (χ1v) is 9.49. The Labute approximate surface area is 171 Å². The first-order valence-electron chi connectivity index (χ1n) is 9.49. The lowest BCUT2D eigenvalue weighted by Crippen LogP contribution is -2.31. The van der Waals surface area contributed by atoms with Crippen LogP contribution in [0.3, 0.4) is 0 Å². The van der Waals surface area contributed by atoms with E-state index in [9.17, 15) is 14.6 Å². The van der Waals surface area contributed by atoms with Crippen molar-refractivity contribution in [2.45, 2.75) is 38.0 Å². The van der Waals surface area contributed by atoms with Gasteiger partial charge in [-0.1, -0.05) is 0 Å². The van der Waals surface area contributed by atoms with Crippen molar-refractivity contribution in [3.05, 3.63) is 54.3 Å². The molecule has 30 heavy (non-hydrogen) atoms. The third-order valence-electron chi connectivity index (χ3n) is 5.29. The van der Waals surface area contributed by atoms with Gasteiger partial charge in [-0.3, -0.25) is 10.4 Å². The smallest absolute Gasteiger partial charge is 0.227 e. The number of hydrogen-bond donors (Lipinski definition) is 3. The zero-order valence-corrected chi connectivity index (χ0v) is 16.0. The van der Waals surface area contributed by atoms with Gasteiger partial charge < -0.3 is 23.9 Å². The van der Waals surface area contributed by atoms with E-state index in [1.54, 1.807) is 47.4 Å². The molecule has 3 N–H and O–H groups in total. The van der Waals surface area contributed by atoms with Gasteiger partial charge in [-0.05, 0) is 31.2 Å². The molecule has 0 aliphatic carbocycles. The van der Waals surface area contributed by atoms with Crippen molar-refractivity contribution in [3.8, 4) is 11.5 Å². The molecule has 5 rings (SSSR count). The van der Waals surface area contributed by atoms with Crippen molar-refractivity contribution in [2.24, 2.45) is 4.99 Å². The molecular formula is C20H20FN5O4. The van der Waals surface area contributed by atoms with E-state index in [1.807, 2.05) is 0 Å². The van der Waals surface area contributed by atoms with Gasteiger partial charge in [0, 0.05) is 11.8 Å². The van der Waals surface area contributed by atoms with E-state index in [2.05, 4.69) is 15.4 Å². The molecule has 1 aromatic carbocycles. The van der Waals surface area contributed by atoms with Crippen molar-refractivity contribution in [3.63, 3.8) is 0 Å². The summed E-state index contributed by atoms with van der Waals surface area (Å²) in [5.74, 6) is 0.667. The van der Waals surface area contributed by atoms with Crippen LogP contribution in [0.1, 0.15) is 18.7 Å². The van der Waals surface area contributed by atoms with Crippen LogP contribution in [-0.4, -0.2) is 49.4 Å². The summed E-state index contributed by atoms with van der Waals surface area (Å²) in [6.07, 6.45) is 2.98. The first kappa shape index (κ1) is 18.8. The quantitative estimate of drug-likeness (QED) is 0.603. The van der Waals surface area contributed by atoms with E-state index in [0.29, 0.717) is 29.5 Å². The van der Waals surface area contributed by atoms with Gasteiger partial charge in [-0.25, -0.2) is 14.4 Å². The normalized spacial score (nSPS) is 25.5. The van der Waals surface area contributed by atoms with Crippen LogP contribution in [0, 0.1) is 5.82 Å². The summed E-state index contributed by atoms with van der Waals surface area (Å²) in [4.78, 5) is 8.77. The first-order chi connectivity index (χ1) is 14.5. The Balaban J connectivity index is 1.50. The van der Waals surface area contributed by atoms with Crippen molar-refractivity contribution >= 4 is 17.8 Å². The summed E-state index contributed by atoms with van der Waals surface area (Å²) in [5.41, 5.74) is 5.37. The van der Waals surface area contributed by atoms with Gasteiger partial charge >= 0.3 is 0 Å². The predicted molar refractivity (Wildman–Crippen MR) is 105 cm³/mol. The Bertz CT molecular complexity index is 1070. The van der Waals surface area contributed by atoms with E-state index >= 15 is 0 Å². The van der Waals surface area contributed by atoms with E-state index in [4.69, 9.17) is 9.15 Å². The number of fused-ring (bicyclic) bond motifs is 1. The van der Waals surface area contributed by atoms with Crippen molar-refractivity contribution in [2.75, 3.05) is 5.43 Å². The standard InChI is InChI=1S/C20H20FN5O4/c1-11-16(27)17(28)20(30-11)26-9-15(19-22-6-7-29-19)14-8-25(10-23-18(14)26)24-13-4-2-12(21)3-5-13/h2-7,9-11,16-17,20,24,27-28H,8H2,1H3/t11-,16-,17-,20-/m1/s1. The van der Waals surface area contributed by atoms with Gasteiger partial charge in [0.05, 0.1) is 30.1 Å². The molecule has 0 unspecified atom stereocenters. The minimum atomic E-state index is -1.10. The molecule has 2 aliphatic rings. The third-order valence-corrected chi connectivity index (χ3v) is 5.29. The minimum Gasteiger partial charge on any atom is -0.444 e. The molecule has 0 amide bonds. The third kappa shape index (κ3) is 3.15. The fourth-order valence-electron chi connectivity index (χ4n) is 3.74. The fourth-order valence-corrected chi connectivity index (χ4v) is 3.74. The predicted octanol–water partition coefficient (Wildman–Crippen LogP) is 2.42. The fraction of sp³-hybridized carbons (Fsp3) is 0.300. The van der Waals surface area contributed by atoms with Gasteiger partial charge in [-0.15, -0.1) is 0 Å². The highest BCUT2D eigenvalue weighted by Crippen LogP contribution is 2.41. The maximum atomic E-state index is 13.2. The second-order valence-electron chi connectivity index (χ2n) is 7.29. The molecule has 156 valence electrons. The number of benzene rings is 1. The lowest BCUT2D eigenvalue weighted by Gasteiger charge is -2.26. The van der Waals surface area contributed by atoms with Crippen LogP contribution in [0.15, 0.2) is 52.3 Å².